The molecule has 6 nitrogen and oxygen atoms in total. The predicted octanol–water partition coefficient (Wildman–Crippen LogP) is 3.13. The van der Waals surface area contributed by atoms with Gasteiger partial charge in [0.1, 0.15) is 12.1 Å². The lowest BCUT2D eigenvalue weighted by molar-refractivity contribution is 0.569. The number of anilines is 1. The van der Waals surface area contributed by atoms with E-state index in [2.05, 4.69) is 20.0 Å². The van der Waals surface area contributed by atoms with Crippen molar-refractivity contribution in [1.82, 2.24) is 14.7 Å². The second-order valence-corrected chi connectivity index (χ2v) is 8.68. The Morgan fingerprint density at radius 2 is 1.88 bits per heavy atom. The molecule has 3 aromatic rings. The molecule has 2 heterocycles. The van der Waals surface area contributed by atoms with Crippen molar-refractivity contribution in [3.05, 3.63) is 53.2 Å². The van der Waals surface area contributed by atoms with Gasteiger partial charge in [0, 0.05) is 12.6 Å². The van der Waals surface area contributed by atoms with Crippen molar-refractivity contribution in [3.8, 4) is 0 Å². The molecular weight excluding hydrogens is 356 g/mol. The van der Waals surface area contributed by atoms with Crippen molar-refractivity contribution >= 4 is 37.4 Å². The van der Waals surface area contributed by atoms with Crippen LogP contribution in [-0.4, -0.2) is 24.4 Å². The number of benzene rings is 1. The molecule has 132 valence electrons. The Labute approximate surface area is 151 Å². The van der Waals surface area contributed by atoms with E-state index in [0.717, 1.165) is 27.2 Å². The Balaban J connectivity index is 1.78. The highest BCUT2D eigenvalue weighted by atomic mass is 32.2. The number of rotatable bonds is 7. The molecule has 0 amide bonds. The fourth-order valence-electron chi connectivity index (χ4n) is 2.57. The van der Waals surface area contributed by atoms with Crippen LogP contribution in [0, 0.1) is 0 Å². The molecule has 2 N–H and O–H groups in total. The van der Waals surface area contributed by atoms with Crippen LogP contribution >= 0.6 is 11.3 Å². The summed E-state index contributed by atoms with van der Waals surface area (Å²) in [7, 11) is -3.37. The van der Waals surface area contributed by atoms with Crippen LogP contribution in [-0.2, 0) is 22.3 Å². The van der Waals surface area contributed by atoms with E-state index in [1.54, 1.807) is 11.3 Å². The maximum Gasteiger partial charge on any atom is 0.216 e. The number of sulfonamides is 1. The first-order chi connectivity index (χ1) is 11.9. The van der Waals surface area contributed by atoms with Gasteiger partial charge in [-0.05, 0) is 36.4 Å². The lowest BCUT2D eigenvalue weighted by Gasteiger charge is -2.13. The van der Waals surface area contributed by atoms with Gasteiger partial charge in [-0.3, -0.25) is 0 Å². The first-order valence-corrected chi connectivity index (χ1v) is 10.5. The molecule has 0 atom stereocenters. The Morgan fingerprint density at radius 1 is 1.12 bits per heavy atom. The van der Waals surface area contributed by atoms with Gasteiger partial charge < -0.3 is 5.32 Å². The maximum atomic E-state index is 12.2. The van der Waals surface area contributed by atoms with E-state index in [-0.39, 0.29) is 11.8 Å². The second kappa shape index (κ2) is 7.47. The molecule has 25 heavy (non-hydrogen) atoms. The molecule has 0 aliphatic carbocycles. The Morgan fingerprint density at radius 3 is 2.64 bits per heavy atom. The molecule has 8 heteroatoms. The number of nitrogens with zero attached hydrogens (tertiary/aromatic N) is 2. The third-order valence-corrected chi connectivity index (χ3v) is 6.00. The highest BCUT2D eigenvalue weighted by molar-refractivity contribution is 7.88. The Bertz CT molecular complexity index is 967. The predicted molar refractivity (Wildman–Crippen MR) is 102 cm³/mol. The average Bonchev–Trinajstić information content (AvgIpc) is 3.01. The van der Waals surface area contributed by atoms with E-state index in [9.17, 15) is 8.42 Å². The fourth-order valence-corrected chi connectivity index (χ4v) is 4.87. The summed E-state index contributed by atoms with van der Waals surface area (Å²) in [6.07, 6.45) is 1.53. The summed E-state index contributed by atoms with van der Waals surface area (Å²) >= 11 is 1.58. The summed E-state index contributed by atoms with van der Waals surface area (Å²) < 4.78 is 28.1. The molecule has 0 bridgehead atoms. The van der Waals surface area contributed by atoms with Crippen LogP contribution in [0.1, 0.15) is 25.0 Å². The summed E-state index contributed by atoms with van der Waals surface area (Å²) in [5.74, 6) is 0.722. The summed E-state index contributed by atoms with van der Waals surface area (Å²) in [5.41, 5.74) is 2.61. The van der Waals surface area contributed by atoms with Crippen LogP contribution in [0.15, 0.2) is 42.0 Å². The van der Waals surface area contributed by atoms with Gasteiger partial charge in [0.15, 0.2) is 0 Å². The van der Waals surface area contributed by atoms with E-state index in [1.165, 1.54) is 6.33 Å². The number of fused-ring (bicyclic) bond motifs is 1. The highest BCUT2D eigenvalue weighted by Gasteiger charge is 2.15. The van der Waals surface area contributed by atoms with Crippen LogP contribution < -0.4 is 10.0 Å². The van der Waals surface area contributed by atoms with Gasteiger partial charge in [-0.1, -0.05) is 24.3 Å². The third kappa shape index (κ3) is 4.53. The zero-order chi connectivity index (χ0) is 17.9. The van der Waals surface area contributed by atoms with Gasteiger partial charge in [-0.2, -0.15) is 0 Å². The highest BCUT2D eigenvalue weighted by Crippen LogP contribution is 2.25. The zero-order valence-electron chi connectivity index (χ0n) is 14.1. The Hall–Kier alpha value is -2.03. The first-order valence-electron chi connectivity index (χ1n) is 7.93. The number of aromatic nitrogens is 2. The molecule has 3 rings (SSSR count). The average molecular weight is 377 g/mol. The molecule has 0 fully saturated rings. The van der Waals surface area contributed by atoms with Crippen LogP contribution in [0.3, 0.4) is 0 Å². The van der Waals surface area contributed by atoms with Crippen LogP contribution in [0.2, 0.25) is 0 Å². The van der Waals surface area contributed by atoms with Gasteiger partial charge >= 0.3 is 0 Å². The monoisotopic (exact) mass is 376 g/mol. The smallest absolute Gasteiger partial charge is 0.216 e. The molecule has 0 saturated carbocycles. The maximum absolute atomic E-state index is 12.2. The number of hydrogen-bond acceptors (Lipinski definition) is 6. The molecule has 0 saturated heterocycles. The molecule has 0 radical (unpaired) electrons. The molecule has 0 spiro atoms. The van der Waals surface area contributed by atoms with E-state index < -0.39 is 10.0 Å². The fraction of sp³-hybridized carbons (Fsp3) is 0.294. The van der Waals surface area contributed by atoms with Crippen LogP contribution in [0.4, 0.5) is 5.82 Å². The SMILES string of the molecule is CC(C)NS(=O)(=O)Cc1ccccc1CNc1ncnc2ccsc12. The zero-order valence-corrected chi connectivity index (χ0v) is 15.7. The quantitative estimate of drug-likeness (QED) is 0.662. The largest absolute Gasteiger partial charge is 0.365 e. The van der Waals surface area contributed by atoms with Crippen LogP contribution in [0.5, 0.6) is 0 Å². The molecule has 1 aromatic carbocycles. The van der Waals surface area contributed by atoms with Gasteiger partial charge in [-0.25, -0.2) is 23.1 Å². The number of hydrogen-bond donors (Lipinski definition) is 2. The van der Waals surface area contributed by atoms with Crippen LogP contribution in [0.25, 0.3) is 10.2 Å². The molecule has 0 aliphatic heterocycles. The molecular formula is C17H20N4O2S2. The number of thiophene rings is 1. The summed E-state index contributed by atoms with van der Waals surface area (Å²) in [6, 6.07) is 9.36. The summed E-state index contributed by atoms with van der Waals surface area (Å²) in [5, 5.41) is 5.28. The van der Waals surface area contributed by atoms with Crippen molar-refractivity contribution in [2.75, 3.05) is 5.32 Å². The van der Waals surface area contributed by atoms with E-state index in [1.807, 2.05) is 49.6 Å². The van der Waals surface area contributed by atoms with E-state index in [0.29, 0.717) is 6.54 Å². The van der Waals surface area contributed by atoms with Gasteiger partial charge in [-0.15, -0.1) is 11.3 Å². The molecule has 0 aliphatic rings. The van der Waals surface area contributed by atoms with Crippen molar-refractivity contribution in [2.24, 2.45) is 0 Å². The van der Waals surface area contributed by atoms with Gasteiger partial charge in [0.25, 0.3) is 0 Å². The van der Waals surface area contributed by atoms with E-state index in [4.69, 9.17) is 0 Å². The van der Waals surface area contributed by atoms with Gasteiger partial charge in [0.2, 0.25) is 10.0 Å². The minimum Gasteiger partial charge on any atom is -0.365 e. The minimum atomic E-state index is -3.37. The standard InChI is InChI=1S/C17H20N4O2S2/c1-12(2)21-25(22,23)10-14-6-4-3-5-13(14)9-18-17-16-15(7-8-24-16)19-11-20-17/h3-8,11-12,21H,9-10H2,1-2H3,(H,18,19,20). The topological polar surface area (TPSA) is 84.0 Å². The summed E-state index contributed by atoms with van der Waals surface area (Å²) in [4.78, 5) is 8.52. The lowest BCUT2D eigenvalue weighted by Crippen LogP contribution is -2.31. The van der Waals surface area contributed by atoms with Crippen molar-refractivity contribution in [2.45, 2.75) is 32.2 Å². The second-order valence-electron chi connectivity index (χ2n) is 6.01. The minimum absolute atomic E-state index is 0.0405. The number of nitrogens with one attached hydrogen (secondary N) is 2. The first kappa shape index (κ1) is 17.8. The van der Waals surface area contributed by atoms with E-state index >= 15 is 0 Å². The molecule has 2 aromatic heterocycles. The lowest BCUT2D eigenvalue weighted by atomic mass is 10.1. The third-order valence-electron chi connectivity index (χ3n) is 3.57. The van der Waals surface area contributed by atoms with Crippen molar-refractivity contribution in [1.29, 1.82) is 0 Å². The summed E-state index contributed by atoms with van der Waals surface area (Å²) in [6.45, 7) is 4.12. The normalized spacial score (nSPS) is 12.0. The van der Waals surface area contributed by atoms with Gasteiger partial charge in [0.05, 0.1) is 16.0 Å². The van der Waals surface area contributed by atoms with Crippen molar-refractivity contribution < 1.29 is 8.42 Å². The van der Waals surface area contributed by atoms with Crippen molar-refractivity contribution in [3.63, 3.8) is 0 Å². The molecule has 0 unspecified atom stereocenters. The Kier molecular flexibility index (Phi) is 5.31.